The van der Waals surface area contributed by atoms with Gasteiger partial charge in [-0.25, -0.2) is 14.0 Å². The molecule has 0 aliphatic heterocycles. The largest absolute Gasteiger partial charge is 0.344 e. The molecule has 0 saturated carbocycles. The number of carbonyl (C=O) groups is 1. The van der Waals surface area contributed by atoms with Gasteiger partial charge in [-0.15, -0.1) is 0 Å². The Kier molecular flexibility index (Phi) is 14.8. The number of unbranched alkanes of at least 4 members (excludes halogenated alkanes) is 7. The fourth-order valence-corrected chi connectivity index (χ4v) is 5.67. The molecular formula is C19H43N4O2PS. The molecule has 6 nitrogen and oxygen atoms in total. The van der Waals surface area contributed by atoms with Gasteiger partial charge in [0.1, 0.15) is 0 Å². The van der Waals surface area contributed by atoms with Crippen LogP contribution < -0.4 is 0 Å². The summed E-state index contributed by atoms with van der Waals surface area (Å²) in [5, 5.41) is 0. The predicted molar refractivity (Wildman–Crippen MR) is 121 cm³/mol. The summed E-state index contributed by atoms with van der Waals surface area (Å²) in [5.41, 5.74) is 0. The lowest BCUT2D eigenvalue weighted by Gasteiger charge is -2.37. The molecule has 0 spiro atoms. The molecule has 27 heavy (non-hydrogen) atoms. The third-order valence-corrected chi connectivity index (χ3v) is 8.46. The van der Waals surface area contributed by atoms with Crippen LogP contribution in [0.1, 0.15) is 57.8 Å². The molecule has 0 unspecified atom stereocenters. The van der Waals surface area contributed by atoms with E-state index in [4.69, 9.17) is 0 Å². The van der Waals surface area contributed by atoms with Gasteiger partial charge in [-0.05, 0) is 53.8 Å². The van der Waals surface area contributed by atoms with Crippen LogP contribution in [0, 0.1) is 0 Å². The van der Waals surface area contributed by atoms with Crippen molar-refractivity contribution in [2.75, 3.05) is 61.1 Å². The van der Waals surface area contributed by atoms with Gasteiger partial charge in [-0.1, -0.05) is 38.5 Å². The summed E-state index contributed by atoms with van der Waals surface area (Å²) in [6.45, 7) is 1.17. The molecule has 0 N–H and O–H groups in total. The Bertz CT molecular complexity index is 437. The van der Waals surface area contributed by atoms with Crippen molar-refractivity contribution in [3.63, 3.8) is 0 Å². The highest BCUT2D eigenvalue weighted by atomic mass is 32.1. The summed E-state index contributed by atoms with van der Waals surface area (Å²) in [7, 11) is 8.27. The number of likely N-dealkylation sites (N-methyl/N-ethyl adjacent to an activating group) is 2. The van der Waals surface area contributed by atoms with Crippen LogP contribution in [0.15, 0.2) is 0 Å². The maximum Gasteiger partial charge on any atom is 0.285 e. The highest BCUT2D eigenvalue weighted by molar-refractivity contribution is 7.80. The highest BCUT2D eigenvalue weighted by Crippen LogP contribution is 2.51. The summed E-state index contributed by atoms with van der Waals surface area (Å²) < 4.78 is 18.5. The summed E-state index contributed by atoms with van der Waals surface area (Å²) in [5.74, 6) is 1.18. The van der Waals surface area contributed by atoms with Crippen LogP contribution in [-0.2, 0) is 9.36 Å². The molecule has 1 amide bonds. The van der Waals surface area contributed by atoms with Crippen LogP contribution in [0.2, 0.25) is 0 Å². The number of carbonyl (C=O) groups excluding carboxylic acids is 1. The molecule has 0 aromatic heterocycles. The van der Waals surface area contributed by atoms with E-state index in [-0.39, 0.29) is 5.91 Å². The minimum Gasteiger partial charge on any atom is -0.344 e. The molecule has 0 heterocycles. The summed E-state index contributed by atoms with van der Waals surface area (Å²) in [6.07, 6.45) is 10.3. The van der Waals surface area contributed by atoms with Crippen molar-refractivity contribution < 1.29 is 9.36 Å². The predicted octanol–water partition coefficient (Wildman–Crippen LogP) is 4.05. The summed E-state index contributed by atoms with van der Waals surface area (Å²) >= 11 is 4.23. The van der Waals surface area contributed by atoms with E-state index in [2.05, 4.69) is 12.6 Å². The molecule has 0 aromatic carbocycles. The van der Waals surface area contributed by atoms with Gasteiger partial charge in [0.25, 0.3) is 7.59 Å². The number of hydrogen-bond donors (Lipinski definition) is 1. The Hall–Kier alpha value is -0.0700. The maximum atomic E-state index is 13.1. The first kappa shape index (κ1) is 26.9. The van der Waals surface area contributed by atoms with E-state index >= 15 is 0 Å². The highest BCUT2D eigenvalue weighted by Gasteiger charge is 2.33. The van der Waals surface area contributed by atoms with Gasteiger partial charge in [0.05, 0.1) is 0 Å². The second-order valence-electron chi connectivity index (χ2n) is 7.71. The first-order valence-corrected chi connectivity index (χ1v) is 12.4. The molecule has 0 aliphatic carbocycles. The van der Waals surface area contributed by atoms with Crippen molar-refractivity contribution in [1.82, 2.24) is 18.9 Å². The van der Waals surface area contributed by atoms with Crippen molar-refractivity contribution in [2.24, 2.45) is 0 Å². The topological polar surface area (TPSA) is 47.1 Å². The Balaban J connectivity index is 4.00. The minimum atomic E-state index is -2.73. The molecule has 0 bridgehead atoms. The van der Waals surface area contributed by atoms with Crippen LogP contribution in [0.3, 0.4) is 0 Å². The standard InChI is InChI=1S/C19H43N4O2PS/c1-20(2)26(25,21(3)4)23(6)17-16-22(5)19(24)15-13-11-9-7-8-10-12-14-18-27/h27H,7-18H2,1-6H3. The Morgan fingerprint density at radius 2 is 1.19 bits per heavy atom. The van der Waals surface area contributed by atoms with Crippen molar-refractivity contribution >= 4 is 26.1 Å². The van der Waals surface area contributed by atoms with Gasteiger partial charge >= 0.3 is 0 Å². The van der Waals surface area contributed by atoms with E-state index in [9.17, 15) is 9.36 Å². The van der Waals surface area contributed by atoms with Crippen molar-refractivity contribution in [1.29, 1.82) is 0 Å². The summed E-state index contributed by atoms with van der Waals surface area (Å²) in [4.78, 5) is 14.1. The van der Waals surface area contributed by atoms with Gasteiger partial charge in [-0.2, -0.15) is 12.6 Å². The smallest absolute Gasteiger partial charge is 0.285 e. The molecule has 0 radical (unpaired) electrons. The number of nitrogens with zero attached hydrogens (tertiary/aromatic N) is 4. The van der Waals surface area contributed by atoms with Crippen molar-refractivity contribution in [2.45, 2.75) is 57.8 Å². The Morgan fingerprint density at radius 3 is 1.63 bits per heavy atom. The van der Waals surface area contributed by atoms with Gasteiger partial charge in [0, 0.05) is 26.6 Å². The average Bonchev–Trinajstić information content (AvgIpc) is 2.62. The van der Waals surface area contributed by atoms with Crippen LogP contribution in [0.25, 0.3) is 0 Å². The second-order valence-corrected chi connectivity index (χ2v) is 11.5. The van der Waals surface area contributed by atoms with Crippen LogP contribution in [0.5, 0.6) is 0 Å². The first-order valence-electron chi connectivity index (χ1n) is 10.2. The SMILES string of the molecule is CN(CCN(C)P(=O)(N(C)C)N(C)C)C(=O)CCCCCCCCCCS. The lowest BCUT2D eigenvalue weighted by Crippen LogP contribution is -2.38. The molecule has 0 aliphatic rings. The van der Waals surface area contributed by atoms with Crippen molar-refractivity contribution in [3.05, 3.63) is 0 Å². The zero-order chi connectivity index (χ0) is 20.9. The number of amides is 1. The summed E-state index contributed by atoms with van der Waals surface area (Å²) in [6, 6.07) is 0. The van der Waals surface area contributed by atoms with Gasteiger partial charge in [0.2, 0.25) is 5.91 Å². The zero-order valence-electron chi connectivity index (χ0n) is 18.5. The third kappa shape index (κ3) is 10.3. The van der Waals surface area contributed by atoms with Crippen LogP contribution in [-0.4, -0.2) is 85.9 Å². The fraction of sp³-hybridized carbons (Fsp3) is 0.947. The molecule has 0 saturated heterocycles. The monoisotopic (exact) mass is 422 g/mol. The van der Waals surface area contributed by atoms with Crippen LogP contribution >= 0.6 is 20.2 Å². The Morgan fingerprint density at radius 1 is 0.741 bits per heavy atom. The lowest BCUT2D eigenvalue weighted by atomic mass is 10.1. The van der Waals surface area contributed by atoms with E-state index in [1.807, 2.05) is 47.0 Å². The van der Waals surface area contributed by atoms with Crippen LogP contribution in [0.4, 0.5) is 0 Å². The van der Waals surface area contributed by atoms with Gasteiger partial charge < -0.3 is 4.90 Å². The average molecular weight is 423 g/mol. The quantitative estimate of drug-likeness (QED) is 0.231. The minimum absolute atomic E-state index is 0.182. The van der Waals surface area contributed by atoms with Gasteiger partial charge in [-0.3, -0.25) is 9.36 Å². The third-order valence-electron chi connectivity index (χ3n) is 4.97. The first-order chi connectivity index (χ1) is 12.7. The lowest BCUT2D eigenvalue weighted by molar-refractivity contribution is -0.130. The van der Waals surface area contributed by atoms with E-state index in [0.29, 0.717) is 19.5 Å². The maximum absolute atomic E-state index is 13.1. The molecule has 0 fully saturated rings. The number of thiol groups is 1. The molecule has 8 heteroatoms. The van der Waals surface area contributed by atoms with E-state index in [0.717, 1.165) is 18.6 Å². The normalized spacial score (nSPS) is 12.4. The van der Waals surface area contributed by atoms with E-state index in [1.165, 1.54) is 38.5 Å². The molecular weight excluding hydrogens is 379 g/mol. The fourth-order valence-electron chi connectivity index (χ4n) is 3.16. The van der Waals surface area contributed by atoms with E-state index < -0.39 is 7.59 Å². The number of rotatable bonds is 16. The molecule has 0 aromatic rings. The van der Waals surface area contributed by atoms with Gasteiger partial charge in [0.15, 0.2) is 0 Å². The van der Waals surface area contributed by atoms with E-state index in [1.54, 1.807) is 14.2 Å². The molecule has 162 valence electrons. The Labute approximate surface area is 173 Å². The zero-order valence-corrected chi connectivity index (χ0v) is 20.3. The second kappa shape index (κ2) is 14.9. The molecule has 0 rings (SSSR count). The number of hydrogen-bond acceptors (Lipinski definition) is 3. The van der Waals surface area contributed by atoms with Crippen molar-refractivity contribution in [3.8, 4) is 0 Å². The molecule has 0 atom stereocenters.